The molecule has 2 N–H and O–H groups in total. The second-order valence-electron chi connectivity index (χ2n) is 8.05. The molecule has 0 unspecified atom stereocenters. The smallest absolute Gasteiger partial charge is 0.315 e. The zero-order chi connectivity index (χ0) is 21.8. The molecule has 5 heteroatoms. The van der Waals surface area contributed by atoms with Gasteiger partial charge in [-0.3, -0.25) is 4.79 Å². The van der Waals surface area contributed by atoms with E-state index in [9.17, 15) is 9.59 Å². The van der Waals surface area contributed by atoms with Gasteiger partial charge in [0, 0.05) is 18.7 Å². The normalized spacial score (nSPS) is 15.9. The van der Waals surface area contributed by atoms with Gasteiger partial charge in [0.15, 0.2) is 0 Å². The Bertz CT molecular complexity index is 1030. The molecule has 3 aromatic rings. The number of carbonyl (C=O) groups is 2. The molecule has 4 rings (SSSR count). The third-order valence-electron chi connectivity index (χ3n) is 5.80. The molecule has 0 aromatic heterocycles. The Kier molecular flexibility index (Phi) is 6.03. The number of nitrogens with one attached hydrogen (secondary N) is 2. The maximum atomic E-state index is 12.9. The van der Waals surface area contributed by atoms with E-state index in [1.54, 1.807) is 4.90 Å². The van der Waals surface area contributed by atoms with Crippen LogP contribution in [0, 0.1) is 13.8 Å². The van der Waals surface area contributed by atoms with Crippen LogP contribution in [0.2, 0.25) is 0 Å². The molecule has 0 aliphatic carbocycles. The molecule has 1 heterocycles. The van der Waals surface area contributed by atoms with Gasteiger partial charge in [-0.05, 0) is 48.2 Å². The Labute approximate surface area is 183 Å². The van der Waals surface area contributed by atoms with Gasteiger partial charge >= 0.3 is 6.03 Å². The molecule has 5 nitrogen and oxygen atoms in total. The number of urea groups is 1. The molecule has 3 aromatic carbocycles. The molecular weight excluding hydrogens is 386 g/mol. The third-order valence-corrected chi connectivity index (χ3v) is 5.80. The number of hydrogen-bond donors (Lipinski definition) is 2. The first-order chi connectivity index (χ1) is 15.0. The Morgan fingerprint density at radius 2 is 1.52 bits per heavy atom. The van der Waals surface area contributed by atoms with Gasteiger partial charge in [-0.25, -0.2) is 4.79 Å². The second-order valence-corrected chi connectivity index (χ2v) is 8.05. The van der Waals surface area contributed by atoms with Crippen molar-refractivity contribution in [2.24, 2.45) is 0 Å². The molecule has 1 aliphatic heterocycles. The van der Waals surface area contributed by atoms with E-state index in [1.165, 1.54) is 5.56 Å². The lowest BCUT2D eigenvalue weighted by Crippen LogP contribution is -2.44. The van der Waals surface area contributed by atoms with Crippen molar-refractivity contribution in [3.05, 3.63) is 101 Å². The number of benzene rings is 3. The van der Waals surface area contributed by atoms with Crippen LogP contribution in [0.15, 0.2) is 78.9 Å². The lowest BCUT2D eigenvalue weighted by atomic mass is 9.99. The highest BCUT2D eigenvalue weighted by molar-refractivity contribution is 5.97. The molecule has 0 saturated carbocycles. The summed E-state index contributed by atoms with van der Waals surface area (Å²) in [5, 5.41) is 6.08. The van der Waals surface area contributed by atoms with Crippen molar-refractivity contribution < 1.29 is 9.59 Å². The fourth-order valence-corrected chi connectivity index (χ4v) is 3.96. The van der Waals surface area contributed by atoms with Gasteiger partial charge in [0.1, 0.15) is 0 Å². The van der Waals surface area contributed by atoms with E-state index >= 15 is 0 Å². The van der Waals surface area contributed by atoms with Crippen LogP contribution in [-0.4, -0.2) is 24.5 Å². The highest BCUT2D eigenvalue weighted by Gasteiger charge is 2.32. The summed E-state index contributed by atoms with van der Waals surface area (Å²) in [7, 11) is 0. The molecule has 0 spiro atoms. The molecule has 1 saturated heterocycles. The van der Waals surface area contributed by atoms with Crippen molar-refractivity contribution in [2.75, 3.05) is 11.4 Å². The monoisotopic (exact) mass is 413 g/mol. The molecule has 0 radical (unpaired) electrons. The quantitative estimate of drug-likeness (QED) is 0.647. The minimum Gasteiger partial charge on any atom is -0.333 e. The van der Waals surface area contributed by atoms with Crippen molar-refractivity contribution >= 4 is 17.6 Å². The predicted molar refractivity (Wildman–Crippen MR) is 123 cm³/mol. The maximum Gasteiger partial charge on any atom is 0.315 e. The van der Waals surface area contributed by atoms with Crippen molar-refractivity contribution in [1.82, 2.24) is 10.6 Å². The van der Waals surface area contributed by atoms with Crippen LogP contribution in [0.3, 0.4) is 0 Å². The summed E-state index contributed by atoms with van der Waals surface area (Å²) < 4.78 is 0. The molecule has 1 fully saturated rings. The first-order valence-corrected chi connectivity index (χ1v) is 10.6. The van der Waals surface area contributed by atoms with Crippen LogP contribution in [-0.2, 0) is 4.79 Å². The number of anilines is 1. The number of aryl methyl sites for hydroxylation is 2. The number of amides is 3. The third kappa shape index (κ3) is 4.77. The van der Waals surface area contributed by atoms with Gasteiger partial charge in [-0.1, -0.05) is 66.7 Å². The second kappa shape index (κ2) is 9.04. The summed E-state index contributed by atoms with van der Waals surface area (Å²) in [6.07, 6.45) is 0.293. The number of carbonyl (C=O) groups excluding carboxylic acids is 2. The lowest BCUT2D eigenvalue weighted by Gasteiger charge is -2.22. The van der Waals surface area contributed by atoms with Crippen LogP contribution in [0.25, 0.3) is 0 Å². The largest absolute Gasteiger partial charge is 0.333 e. The SMILES string of the molecule is Cc1ccc(N2C[C@@H](NC(=O)NC(c3ccccc3)c3ccccc3)CC2=O)cc1C. The summed E-state index contributed by atoms with van der Waals surface area (Å²) in [5.74, 6) is 0.0243. The van der Waals surface area contributed by atoms with Gasteiger partial charge in [0.05, 0.1) is 12.1 Å². The Hall–Kier alpha value is -3.60. The topological polar surface area (TPSA) is 61.4 Å². The van der Waals surface area contributed by atoms with E-state index in [0.717, 1.165) is 22.4 Å². The minimum atomic E-state index is -0.280. The Balaban J connectivity index is 1.45. The average Bonchev–Trinajstić information content (AvgIpc) is 3.15. The Morgan fingerprint density at radius 1 is 0.903 bits per heavy atom. The van der Waals surface area contributed by atoms with E-state index in [4.69, 9.17) is 0 Å². The number of nitrogens with zero attached hydrogens (tertiary/aromatic N) is 1. The number of hydrogen-bond acceptors (Lipinski definition) is 2. The van der Waals surface area contributed by atoms with Crippen LogP contribution in [0.1, 0.15) is 34.7 Å². The standard InChI is InChI=1S/C26H27N3O2/c1-18-13-14-23(15-19(18)2)29-17-22(16-24(29)30)27-26(31)28-25(20-9-5-3-6-10-20)21-11-7-4-8-12-21/h3-15,22,25H,16-17H2,1-2H3,(H2,27,28,31)/t22-/m0/s1. The molecule has 1 atom stereocenters. The van der Waals surface area contributed by atoms with E-state index in [0.29, 0.717) is 13.0 Å². The summed E-state index contributed by atoms with van der Waals surface area (Å²) in [6, 6.07) is 25.0. The summed E-state index contributed by atoms with van der Waals surface area (Å²) in [4.78, 5) is 27.2. The van der Waals surface area contributed by atoms with E-state index in [2.05, 4.69) is 17.6 Å². The predicted octanol–water partition coefficient (Wildman–Crippen LogP) is 4.50. The first-order valence-electron chi connectivity index (χ1n) is 10.6. The van der Waals surface area contributed by atoms with Crippen LogP contribution in [0.4, 0.5) is 10.5 Å². The van der Waals surface area contributed by atoms with Gasteiger partial charge in [-0.15, -0.1) is 0 Å². The van der Waals surface area contributed by atoms with Crippen molar-refractivity contribution in [1.29, 1.82) is 0 Å². The first kappa shape index (κ1) is 20.7. The van der Waals surface area contributed by atoms with Gasteiger partial charge < -0.3 is 15.5 Å². The zero-order valence-corrected chi connectivity index (χ0v) is 17.8. The average molecular weight is 414 g/mol. The van der Waals surface area contributed by atoms with Crippen LogP contribution < -0.4 is 15.5 Å². The summed E-state index contributed by atoms with van der Waals surface area (Å²) >= 11 is 0. The molecule has 0 bridgehead atoms. The minimum absolute atomic E-state index is 0.0243. The fourth-order valence-electron chi connectivity index (χ4n) is 3.96. The van der Waals surface area contributed by atoms with Crippen LogP contribution >= 0.6 is 0 Å². The van der Waals surface area contributed by atoms with E-state index < -0.39 is 0 Å². The maximum absolute atomic E-state index is 12.9. The Morgan fingerprint density at radius 3 is 2.10 bits per heavy atom. The van der Waals surface area contributed by atoms with Crippen molar-refractivity contribution in [3.63, 3.8) is 0 Å². The highest BCUT2D eigenvalue weighted by atomic mass is 16.2. The van der Waals surface area contributed by atoms with E-state index in [-0.39, 0.29) is 24.0 Å². The highest BCUT2D eigenvalue weighted by Crippen LogP contribution is 2.25. The van der Waals surface area contributed by atoms with Crippen LogP contribution in [0.5, 0.6) is 0 Å². The van der Waals surface area contributed by atoms with Gasteiger partial charge in [0.2, 0.25) is 5.91 Å². The fraction of sp³-hybridized carbons (Fsp3) is 0.231. The van der Waals surface area contributed by atoms with E-state index in [1.807, 2.05) is 85.8 Å². The zero-order valence-electron chi connectivity index (χ0n) is 17.8. The van der Waals surface area contributed by atoms with Crippen molar-refractivity contribution in [3.8, 4) is 0 Å². The molecule has 3 amide bonds. The summed E-state index contributed by atoms with van der Waals surface area (Å²) in [6.45, 7) is 4.56. The summed E-state index contributed by atoms with van der Waals surface area (Å²) in [5.41, 5.74) is 5.22. The van der Waals surface area contributed by atoms with Gasteiger partial charge in [0.25, 0.3) is 0 Å². The molecule has 31 heavy (non-hydrogen) atoms. The molecular formula is C26H27N3O2. The number of rotatable bonds is 5. The van der Waals surface area contributed by atoms with Gasteiger partial charge in [-0.2, -0.15) is 0 Å². The molecule has 158 valence electrons. The van der Waals surface area contributed by atoms with Crippen molar-refractivity contribution in [2.45, 2.75) is 32.4 Å². The lowest BCUT2D eigenvalue weighted by molar-refractivity contribution is -0.117. The molecule has 1 aliphatic rings.